The Morgan fingerprint density at radius 2 is 1.84 bits per heavy atom. The number of nitrogens with one attached hydrogen (secondary N) is 1. The summed E-state index contributed by atoms with van der Waals surface area (Å²) in [6.07, 6.45) is 0.929. The number of amides is 1. The van der Waals surface area contributed by atoms with Crippen LogP contribution in [0.2, 0.25) is 0 Å². The van der Waals surface area contributed by atoms with Crippen LogP contribution in [0.5, 0.6) is 5.75 Å². The van der Waals surface area contributed by atoms with E-state index in [1.54, 1.807) is 18.9 Å². The van der Waals surface area contributed by atoms with Gasteiger partial charge in [-0.25, -0.2) is 0 Å². The van der Waals surface area contributed by atoms with E-state index in [1.165, 1.54) is 5.56 Å². The zero-order valence-corrected chi connectivity index (χ0v) is 19.2. The van der Waals surface area contributed by atoms with Gasteiger partial charge in [-0.3, -0.25) is 4.79 Å². The van der Waals surface area contributed by atoms with Crippen LogP contribution in [-0.4, -0.2) is 27.8 Å². The van der Waals surface area contributed by atoms with Crippen LogP contribution in [0.25, 0.3) is 0 Å². The molecule has 0 spiro atoms. The third kappa shape index (κ3) is 6.85. The lowest BCUT2D eigenvalue weighted by molar-refractivity contribution is -0.121. The molecule has 0 fully saturated rings. The standard InChI is InChI=1S/C24H30N4O2S/c1-18(2)16-28-22(26-27-24(28)31-17-19-9-5-4-6-10-19)13-14-23(29)25-15-20-11-7-8-12-21(20)30-3/h4-12,18H,13-17H2,1-3H3,(H,25,29). The summed E-state index contributed by atoms with van der Waals surface area (Å²) in [4.78, 5) is 12.4. The van der Waals surface area contributed by atoms with Gasteiger partial charge < -0.3 is 14.6 Å². The predicted octanol–water partition coefficient (Wildman–Crippen LogP) is 4.48. The van der Waals surface area contributed by atoms with E-state index in [1.807, 2.05) is 42.5 Å². The number of carbonyl (C=O) groups is 1. The molecular formula is C24H30N4O2S. The van der Waals surface area contributed by atoms with E-state index < -0.39 is 0 Å². The van der Waals surface area contributed by atoms with Crippen molar-refractivity contribution in [3.8, 4) is 5.75 Å². The Bertz CT molecular complexity index is 973. The highest BCUT2D eigenvalue weighted by atomic mass is 32.2. The number of para-hydroxylation sites is 1. The molecule has 31 heavy (non-hydrogen) atoms. The number of hydrogen-bond donors (Lipinski definition) is 1. The van der Waals surface area contributed by atoms with Gasteiger partial charge in [-0.1, -0.05) is 74.1 Å². The zero-order valence-electron chi connectivity index (χ0n) is 18.4. The van der Waals surface area contributed by atoms with E-state index in [0.717, 1.165) is 34.6 Å². The molecule has 0 aliphatic heterocycles. The van der Waals surface area contributed by atoms with Crippen molar-refractivity contribution < 1.29 is 9.53 Å². The first-order chi connectivity index (χ1) is 15.1. The topological polar surface area (TPSA) is 69.0 Å². The van der Waals surface area contributed by atoms with Crippen molar-refractivity contribution in [2.24, 2.45) is 5.92 Å². The van der Waals surface area contributed by atoms with Crippen LogP contribution in [0.4, 0.5) is 0 Å². The molecule has 1 amide bonds. The van der Waals surface area contributed by atoms with Crippen LogP contribution in [-0.2, 0) is 30.1 Å². The van der Waals surface area contributed by atoms with Gasteiger partial charge in [-0.2, -0.15) is 0 Å². The molecule has 2 aromatic carbocycles. The van der Waals surface area contributed by atoms with E-state index in [9.17, 15) is 4.79 Å². The average Bonchev–Trinajstić information content (AvgIpc) is 3.16. The molecule has 164 valence electrons. The number of benzene rings is 2. The first-order valence-corrected chi connectivity index (χ1v) is 11.5. The Morgan fingerprint density at radius 3 is 2.58 bits per heavy atom. The van der Waals surface area contributed by atoms with Crippen molar-refractivity contribution in [1.29, 1.82) is 0 Å². The quantitative estimate of drug-likeness (QED) is 0.447. The molecule has 7 heteroatoms. The summed E-state index contributed by atoms with van der Waals surface area (Å²) in [5.41, 5.74) is 2.21. The van der Waals surface area contributed by atoms with Crippen molar-refractivity contribution in [2.45, 2.75) is 50.7 Å². The third-order valence-corrected chi connectivity index (χ3v) is 5.83. The highest BCUT2D eigenvalue weighted by Gasteiger charge is 2.15. The molecule has 1 aromatic heterocycles. The van der Waals surface area contributed by atoms with E-state index in [4.69, 9.17) is 4.74 Å². The highest BCUT2D eigenvalue weighted by Crippen LogP contribution is 2.23. The van der Waals surface area contributed by atoms with Crippen LogP contribution < -0.4 is 10.1 Å². The minimum Gasteiger partial charge on any atom is -0.496 e. The molecule has 0 aliphatic rings. The van der Waals surface area contributed by atoms with Gasteiger partial charge in [0.1, 0.15) is 11.6 Å². The van der Waals surface area contributed by atoms with E-state index in [0.29, 0.717) is 25.3 Å². The van der Waals surface area contributed by atoms with Crippen molar-refractivity contribution >= 4 is 17.7 Å². The Kier molecular flexibility index (Phi) is 8.53. The molecule has 0 radical (unpaired) electrons. The SMILES string of the molecule is COc1ccccc1CNC(=O)CCc1nnc(SCc2ccccc2)n1CC(C)C. The number of rotatable bonds is 11. The number of thioether (sulfide) groups is 1. The summed E-state index contributed by atoms with van der Waals surface area (Å²) in [7, 11) is 1.63. The molecule has 6 nitrogen and oxygen atoms in total. The van der Waals surface area contributed by atoms with Crippen molar-refractivity contribution in [2.75, 3.05) is 7.11 Å². The van der Waals surface area contributed by atoms with Gasteiger partial charge in [0, 0.05) is 37.2 Å². The van der Waals surface area contributed by atoms with Crippen LogP contribution in [0, 0.1) is 5.92 Å². The van der Waals surface area contributed by atoms with Crippen molar-refractivity contribution in [3.05, 3.63) is 71.5 Å². The van der Waals surface area contributed by atoms with Gasteiger partial charge in [-0.15, -0.1) is 10.2 Å². The fraction of sp³-hybridized carbons (Fsp3) is 0.375. The monoisotopic (exact) mass is 438 g/mol. The molecule has 0 unspecified atom stereocenters. The Morgan fingerprint density at radius 1 is 1.10 bits per heavy atom. The molecular weight excluding hydrogens is 408 g/mol. The number of nitrogens with zero attached hydrogens (tertiary/aromatic N) is 3. The maximum Gasteiger partial charge on any atom is 0.220 e. The maximum atomic E-state index is 12.4. The molecule has 0 saturated heterocycles. The van der Waals surface area contributed by atoms with Crippen LogP contribution >= 0.6 is 11.8 Å². The third-order valence-electron chi connectivity index (χ3n) is 4.80. The summed E-state index contributed by atoms with van der Waals surface area (Å²) in [5.74, 6) is 2.93. The maximum absolute atomic E-state index is 12.4. The van der Waals surface area contributed by atoms with Gasteiger partial charge >= 0.3 is 0 Å². The average molecular weight is 439 g/mol. The van der Waals surface area contributed by atoms with E-state index >= 15 is 0 Å². The summed E-state index contributed by atoms with van der Waals surface area (Å²) >= 11 is 1.68. The molecule has 3 rings (SSSR count). The van der Waals surface area contributed by atoms with Crippen molar-refractivity contribution in [3.63, 3.8) is 0 Å². The minimum atomic E-state index is -0.0107. The molecule has 1 heterocycles. The Hall–Kier alpha value is -2.80. The highest BCUT2D eigenvalue weighted by molar-refractivity contribution is 7.98. The second-order valence-corrected chi connectivity index (χ2v) is 8.71. The largest absolute Gasteiger partial charge is 0.496 e. The molecule has 0 atom stereocenters. The van der Waals surface area contributed by atoms with Gasteiger partial charge in [-0.05, 0) is 17.5 Å². The van der Waals surface area contributed by atoms with Crippen LogP contribution in [0.3, 0.4) is 0 Å². The van der Waals surface area contributed by atoms with Gasteiger partial charge in [0.05, 0.1) is 7.11 Å². The number of hydrogen-bond acceptors (Lipinski definition) is 5. The lowest BCUT2D eigenvalue weighted by atomic mass is 10.2. The first kappa shape index (κ1) is 22.9. The van der Waals surface area contributed by atoms with Crippen LogP contribution in [0.15, 0.2) is 59.8 Å². The number of aromatic nitrogens is 3. The van der Waals surface area contributed by atoms with Gasteiger partial charge in [0.25, 0.3) is 0 Å². The van der Waals surface area contributed by atoms with Crippen LogP contribution in [0.1, 0.15) is 37.2 Å². The molecule has 0 bridgehead atoms. The summed E-state index contributed by atoms with van der Waals surface area (Å²) in [5, 5.41) is 12.7. The smallest absolute Gasteiger partial charge is 0.220 e. The predicted molar refractivity (Wildman–Crippen MR) is 124 cm³/mol. The Labute approximate surface area is 188 Å². The molecule has 0 aliphatic carbocycles. The summed E-state index contributed by atoms with van der Waals surface area (Å²) in [6, 6.07) is 18.0. The fourth-order valence-corrected chi connectivity index (χ4v) is 4.16. The first-order valence-electron chi connectivity index (χ1n) is 10.5. The molecule has 1 N–H and O–H groups in total. The molecule has 0 saturated carbocycles. The lowest BCUT2D eigenvalue weighted by Gasteiger charge is -2.13. The summed E-state index contributed by atoms with van der Waals surface area (Å²) < 4.78 is 7.50. The van der Waals surface area contributed by atoms with E-state index in [2.05, 4.69) is 46.1 Å². The van der Waals surface area contributed by atoms with E-state index in [-0.39, 0.29) is 5.91 Å². The van der Waals surface area contributed by atoms with Crippen molar-refractivity contribution in [1.82, 2.24) is 20.1 Å². The fourth-order valence-electron chi connectivity index (χ4n) is 3.24. The normalized spacial score (nSPS) is 11.0. The Balaban J connectivity index is 1.58. The number of methoxy groups -OCH3 is 1. The molecule has 3 aromatic rings. The van der Waals surface area contributed by atoms with Gasteiger partial charge in [0.15, 0.2) is 5.16 Å². The zero-order chi connectivity index (χ0) is 22.1. The second kappa shape index (κ2) is 11.6. The number of ether oxygens (including phenoxy) is 1. The minimum absolute atomic E-state index is 0.0107. The lowest BCUT2D eigenvalue weighted by Crippen LogP contribution is -2.24. The second-order valence-electron chi connectivity index (χ2n) is 7.77. The number of aryl methyl sites for hydroxylation is 1. The summed E-state index contributed by atoms with van der Waals surface area (Å²) in [6.45, 7) is 5.63. The van der Waals surface area contributed by atoms with Gasteiger partial charge in [0.2, 0.25) is 5.91 Å². The number of carbonyl (C=O) groups excluding carboxylic acids is 1.